The Morgan fingerprint density at radius 2 is 2.06 bits per heavy atom. The largest absolute Gasteiger partial charge is 0.469 e. The number of methoxy groups -OCH3 is 1. The van der Waals surface area contributed by atoms with E-state index in [2.05, 4.69) is 24.1 Å². The number of carbonyl (C=O) groups excluding carboxylic acids is 1. The van der Waals surface area contributed by atoms with Crippen LogP contribution < -0.4 is 0 Å². The van der Waals surface area contributed by atoms with Gasteiger partial charge in [0.05, 0.1) is 13.0 Å². The number of ether oxygens (including phenoxy) is 1. The molecule has 2 atom stereocenters. The first kappa shape index (κ1) is 12.1. The Balaban J connectivity index is 2.23. The van der Waals surface area contributed by atoms with E-state index in [-0.39, 0.29) is 17.8 Å². The topological polar surface area (TPSA) is 29.5 Å². The number of hydrogen-bond acceptors (Lipinski definition) is 3. The van der Waals surface area contributed by atoms with E-state index in [0.29, 0.717) is 0 Å². The van der Waals surface area contributed by atoms with Crippen LogP contribution in [0.25, 0.3) is 0 Å². The Morgan fingerprint density at radius 3 is 2.71 bits per heavy atom. The zero-order chi connectivity index (χ0) is 12.3. The van der Waals surface area contributed by atoms with Crippen molar-refractivity contribution >= 4 is 5.97 Å². The average Bonchev–Trinajstić information content (AvgIpc) is 2.39. The second kappa shape index (κ2) is 5.32. The van der Waals surface area contributed by atoms with Crippen LogP contribution >= 0.6 is 0 Å². The summed E-state index contributed by atoms with van der Waals surface area (Å²) < 4.78 is 4.92. The van der Waals surface area contributed by atoms with Crippen molar-refractivity contribution in [3.05, 3.63) is 35.9 Å². The molecule has 1 unspecified atom stereocenters. The van der Waals surface area contributed by atoms with Gasteiger partial charge in [0, 0.05) is 12.5 Å². The number of likely N-dealkylation sites (tertiary alicyclic amines) is 1. The highest BCUT2D eigenvalue weighted by Crippen LogP contribution is 2.32. The number of esters is 1. The maximum absolute atomic E-state index is 11.8. The van der Waals surface area contributed by atoms with E-state index in [0.717, 1.165) is 19.5 Å². The number of hydrogen-bond donors (Lipinski definition) is 0. The molecule has 1 saturated heterocycles. The molecule has 1 aromatic rings. The highest BCUT2D eigenvalue weighted by atomic mass is 16.5. The zero-order valence-corrected chi connectivity index (χ0v) is 10.4. The molecule has 3 nitrogen and oxygen atoms in total. The Bertz CT molecular complexity index is 377. The first-order valence-corrected chi connectivity index (χ1v) is 6.03. The zero-order valence-electron chi connectivity index (χ0n) is 10.4. The van der Waals surface area contributed by atoms with Crippen LogP contribution in [-0.2, 0) is 9.53 Å². The molecule has 1 heterocycles. The molecule has 0 saturated carbocycles. The Kier molecular flexibility index (Phi) is 3.79. The lowest BCUT2D eigenvalue weighted by molar-refractivity contribution is -0.147. The minimum atomic E-state index is -0.0769. The molecular weight excluding hydrogens is 214 g/mol. The number of carbonyl (C=O) groups is 1. The smallest absolute Gasteiger partial charge is 0.309 e. The highest BCUT2D eigenvalue weighted by Gasteiger charge is 2.34. The minimum Gasteiger partial charge on any atom is -0.469 e. The Labute approximate surface area is 102 Å². The predicted octanol–water partition coefficient (Wildman–Crippen LogP) is 1.89. The van der Waals surface area contributed by atoms with Crippen molar-refractivity contribution in [1.29, 1.82) is 0 Å². The standard InChI is InChI=1S/C14H19NO2/c1-15-9-8-12(14(16)17-2)13(10-15)11-6-4-3-5-7-11/h3-7,12-13H,8-10H2,1-2H3/t12-,13?/m0/s1. The van der Waals surface area contributed by atoms with Crippen LogP contribution in [0.4, 0.5) is 0 Å². The van der Waals surface area contributed by atoms with Crippen molar-refractivity contribution in [3.63, 3.8) is 0 Å². The maximum atomic E-state index is 11.8. The van der Waals surface area contributed by atoms with E-state index in [4.69, 9.17) is 4.74 Å². The van der Waals surface area contributed by atoms with Crippen molar-refractivity contribution in [2.75, 3.05) is 27.2 Å². The van der Waals surface area contributed by atoms with Gasteiger partial charge in [-0.2, -0.15) is 0 Å². The molecule has 17 heavy (non-hydrogen) atoms. The average molecular weight is 233 g/mol. The molecule has 0 aromatic heterocycles. The molecule has 0 radical (unpaired) electrons. The quantitative estimate of drug-likeness (QED) is 0.731. The molecule has 0 spiro atoms. The van der Waals surface area contributed by atoms with Gasteiger partial charge in [-0.1, -0.05) is 30.3 Å². The Hall–Kier alpha value is -1.35. The van der Waals surface area contributed by atoms with Crippen LogP contribution in [0.1, 0.15) is 17.9 Å². The molecule has 2 rings (SSSR count). The molecule has 0 aliphatic carbocycles. The molecule has 0 amide bonds. The first-order valence-electron chi connectivity index (χ1n) is 6.03. The van der Waals surface area contributed by atoms with Gasteiger partial charge in [0.25, 0.3) is 0 Å². The first-order chi connectivity index (χ1) is 8.22. The van der Waals surface area contributed by atoms with Gasteiger partial charge >= 0.3 is 5.97 Å². The fraction of sp³-hybridized carbons (Fsp3) is 0.500. The van der Waals surface area contributed by atoms with Gasteiger partial charge in [-0.05, 0) is 25.6 Å². The normalized spacial score (nSPS) is 25.5. The van der Waals surface area contributed by atoms with Crippen LogP contribution in [0.5, 0.6) is 0 Å². The molecule has 1 aliphatic heterocycles. The maximum Gasteiger partial charge on any atom is 0.309 e. The van der Waals surface area contributed by atoms with E-state index in [9.17, 15) is 4.79 Å². The lowest BCUT2D eigenvalue weighted by atomic mass is 9.81. The van der Waals surface area contributed by atoms with E-state index in [1.165, 1.54) is 12.7 Å². The fourth-order valence-corrected chi connectivity index (χ4v) is 2.59. The summed E-state index contributed by atoms with van der Waals surface area (Å²) in [7, 11) is 3.58. The highest BCUT2D eigenvalue weighted by molar-refractivity contribution is 5.73. The number of nitrogens with zero attached hydrogens (tertiary/aromatic N) is 1. The third-order valence-electron chi connectivity index (χ3n) is 3.55. The summed E-state index contributed by atoms with van der Waals surface area (Å²) in [5.41, 5.74) is 1.23. The Morgan fingerprint density at radius 1 is 1.35 bits per heavy atom. The van der Waals surface area contributed by atoms with Crippen molar-refractivity contribution in [3.8, 4) is 0 Å². The van der Waals surface area contributed by atoms with Crippen LogP contribution in [0.2, 0.25) is 0 Å². The van der Waals surface area contributed by atoms with Crippen LogP contribution in [0.15, 0.2) is 30.3 Å². The predicted molar refractivity (Wildman–Crippen MR) is 66.8 cm³/mol. The van der Waals surface area contributed by atoms with E-state index in [1.807, 2.05) is 18.2 Å². The number of piperidine rings is 1. The summed E-state index contributed by atoms with van der Waals surface area (Å²) in [4.78, 5) is 14.1. The number of likely N-dealkylation sites (N-methyl/N-ethyl adjacent to an activating group) is 1. The van der Waals surface area contributed by atoms with E-state index >= 15 is 0 Å². The third-order valence-corrected chi connectivity index (χ3v) is 3.55. The minimum absolute atomic E-state index is 0.00130. The number of rotatable bonds is 2. The fourth-order valence-electron chi connectivity index (χ4n) is 2.59. The van der Waals surface area contributed by atoms with Crippen LogP contribution in [0.3, 0.4) is 0 Å². The second-order valence-corrected chi connectivity index (χ2v) is 4.70. The van der Waals surface area contributed by atoms with Gasteiger partial charge < -0.3 is 9.64 Å². The lowest BCUT2D eigenvalue weighted by Crippen LogP contribution is -2.40. The molecule has 1 aliphatic rings. The van der Waals surface area contributed by atoms with Crippen LogP contribution in [-0.4, -0.2) is 38.1 Å². The van der Waals surface area contributed by atoms with Gasteiger partial charge in [-0.25, -0.2) is 0 Å². The second-order valence-electron chi connectivity index (χ2n) is 4.70. The summed E-state index contributed by atoms with van der Waals surface area (Å²) in [5, 5.41) is 0. The van der Waals surface area contributed by atoms with Crippen molar-refractivity contribution in [2.24, 2.45) is 5.92 Å². The van der Waals surface area contributed by atoms with E-state index < -0.39 is 0 Å². The summed E-state index contributed by atoms with van der Waals surface area (Å²) in [6.45, 7) is 1.88. The van der Waals surface area contributed by atoms with Gasteiger partial charge in [0.2, 0.25) is 0 Å². The molecule has 0 N–H and O–H groups in total. The van der Waals surface area contributed by atoms with Crippen molar-refractivity contribution < 1.29 is 9.53 Å². The van der Waals surface area contributed by atoms with Gasteiger partial charge in [-0.15, -0.1) is 0 Å². The SMILES string of the molecule is COC(=O)[C@H]1CCN(C)CC1c1ccccc1. The lowest BCUT2D eigenvalue weighted by Gasteiger charge is -2.35. The molecule has 0 bridgehead atoms. The summed E-state index contributed by atoms with van der Waals surface area (Å²) in [5.74, 6) is 0.174. The molecule has 92 valence electrons. The molecule has 3 heteroatoms. The van der Waals surface area contributed by atoms with Crippen molar-refractivity contribution in [2.45, 2.75) is 12.3 Å². The van der Waals surface area contributed by atoms with Crippen molar-refractivity contribution in [1.82, 2.24) is 4.90 Å². The summed E-state index contributed by atoms with van der Waals surface area (Å²) in [6.07, 6.45) is 0.878. The monoisotopic (exact) mass is 233 g/mol. The molecule has 1 aromatic carbocycles. The summed E-state index contributed by atoms with van der Waals surface area (Å²) in [6, 6.07) is 10.2. The van der Waals surface area contributed by atoms with Gasteiger partial charge in [-0.3, -0.25) is 4.79 Å². The van der Waals surface area contributed by atoms with Gasteiger partial charge in [0.15, 0.2) is 0 Å². The van der Waals surface area contributed by atoms with Gasteiger partial charge in [0.1, 0.15) is 0 Å². The summed E-state index contributed by atoms with van der Waals surface area (Å²) >= 11 is 0. The number of benzene rings is 1. The third kappa shape index (κ3) is 2.67. The van der Waals surface area contributed by atoms with Crippen LogP contribution in [0, 0.1) is 5.92 Å². The van der Waals surface area contributed by atoms with E-state index in [1.54, 1.807) is 0 Å². The molecular formula is C14H19NO2. The molecule has 1 fully saturated rings.